The van der Waals surface area contributed by atoms with Gasteiger partial charge in [-0.25, -0.2) is 8.42 Å². The quantitative estimate of drug-likeness (QED) is 0.305. The van der Waals surface area contributed by atoms with E-state index in [9.17, 15) is 13.0 Å². The van der Waals surface area contributed by atoms with Crippen molar-refractivity contribution in [2.24, 2.45) is 23.7 Å². The summed E-state index contributed by atoms with van der Waals surface area (Å²) in [5.74, 6) is 1.67. The molecule has 0 aromatic rings. The molecule has 0 aromatic carbocycles. The van der Waals surface area contributed by atoms with Gasteiger partial charge in [0.2, 0.25) is 0 Å². The molecule has 5 heteroatoms. The van der Waals surface area contributed by atoms with E-state index in [1.165, 1.54) is 0 Å². The molecule has 78 valence electrons. The largest absolute Gasteiger partial charge is 1.00 e. The molecule has 15 heavy (non-hydrogen) atoms. The predicted octanol–water partition coefficient (Wildman–Crippen LogP) is -1.86. The van der Waals surface area contributed by atoms with Crippen molar-refractivity contribution < 1.29 is 42.5 Å². The molecule has 5 atom stereocenters. The summed E-state index contributed by atoms with van der Waals surface area (Å²) in [6.45, 7) is 0. The summed E-state index contributed by atoms with van der Waals surface area (Å²) in [5, 5.41) is -0.587. The SMILES string of the molecule is O=S(=O)([O-])C1CC2CC1C1C=CCC21.[Na+]. The van der Waals surface area contributed by atoms with Gasteiger partial charge in [-0.1, -0.05) is 12.2 Å². The molecule has 2 saturated carbocycles. The van der Waals surface area contributed by atoms with E-state index in [1.54, 1.807) is 0 Å². The summed E-state index contributed by atoms with van der Waals surface area (Å²) in [6, 6.07) is 0. The first-order chi connectivity index (χ1) is 6.57. The van der Waals surface area contributed by atoms with E-state index < -0.39 is 15.4 Å². The Morgan fingerprint density at radius 2 is 1.93 bits per heavy atom. The van der Waals surface area contributed by atoms with Crippen LogP contribution >= 0.6 is 0 Å². The van der Waals surface area contributed by atoms with Crippen molar-refractivity contribution in [2.45, 2.75) is 24.5 Å². The molecule has 2 fully saturated rings. The van der Waals surface area contributed by atoms with Crippen LogP contribution in [0.5, 0.6) is 0 Å². The molecule has 0 spiro atoms. The van der Waals surface area contributed by atoms with E-state index >= 15 is 0 Å². The Morgan fingerprint density at radius 3 is 2.60 bits per heavy atom. The van der Waals surface area contributed by atoms with Gasteiger partial charge < -0.3 is 4.55 Å². The van der Waals surface area contributed by atoms with Gasteiger partial charge in [0, 0.05) is 0 Å². The molecule has 3 aliphatic rings. The van der Waals surface area contributed by atoms with Crippen LogP contribution in [0.25, 0.3) is 0 Å². The van der Waals surface area contributed by atoms with Gasteiger partial charge >= 0.3 is 29.6 Å². The van der Waals surface area contributed by atoms with Crippen LogP contribution in [-0.4, -0.2) is 18.2 Å². The van der Waals surface area contributed by atoms with Gasteiger partial charge in [-0.05, 0) is 42.9 Å². The fourth-order valence-corrected chi connectivity index (χ4v) is 5.02. The topological polar surface area (TPSA) is 57.2 Å². The number of hydrogen-bond acceptors (Lipinski definition) is 3. The molecule has 3 aliphatic carbocycles. The Hall–Kier alpha value is 0.650. The van der Waals surface area contributed by atoms with Gasteiger partial charge in [-0.2, -0.15) is 0 Å². The number of fused-ring (bicyclic) bond motifs is 5. The third-order valence-electron chi connectivity index (χ3n) is 4.32. The molecule has 0 N–H and O–H groups in total. The molecule has 3 rings (SSSR count). The molecule has 0 aromatic heterocycles. The van der Waals surface area contributed by atoms with E-state index in [-0.39, 0.29) is 35.5 Å². The average molecular weight is 236 g/mol. The maximum atomic E-state index is 11.0. The van der Waals surface area contributed by atoms with Crippen molar-refractivity contribution in [3.05, 3.63) is 12.2 Å². The summed E-state index contributed by atoms with van der Waals surface area (Å²) >= 11 is 0. The van der Waals surface area contributed by atoms with Gasteiger partial charge in [-0.15, -0.1) is 0 Å². The molecule has 2 bridgehead atoms. The Morgan fingerprint density at radius 1 is 1.20 bits per heavy atom. The van der Waals surface area contributed by atoms with Gasteiger partial charge in [-0.3, -0.25) is 0 Å². The Bertz CT molecular complexity index is 389. The zero-order chi connectivity index (χ0) is 9.92. The number of hydrogen-bond donors (Lipinski definition) is 0. The van der Waals surface area contributed by atoms with Crippen LogP contribution in [0.3, 0.4) is 0 Å². The zero-order valence-electron chi connectivity index (χ0n) is 8.80. The summed E-state index contributed by atoms with van der Waals surface area (Å²) in [5.41, 5.74) is 0. The standard InChI is InChI=1S/C10H14O3S.Na/c11-14(12,13)10-5-6-4-9(10)8-3-1-2-7(6)8;/h1,3,6-10H,2,4-5H2,(H,11,12,13);/q;+1/p-1. The van der Waals surface area contributed by atoms with Crippen LogP contribution in [0, 0.1) is 23.7 Å². The van der Waals surface area contributed by atoms with E-state index in [4.69, 9.17) is 0 Å². The van der Waals surface area contributed by atoms with Gasteiger partial charge in [0.15, 0.2) is 0 Å². The monoisotopic (exact) mass is 236 g/mol. The van der Waals surface area contributed by atoms with Crippen LogP contribution in [0.15, 0.2) is 12.2 Å². The molecular formula is C10H13NaO3S. The molecule has 0 saturated heterocycles. The molecule has 3 nitrogen and oxygen atoms in total. The van der Waals surface area contributed by atoms with Crippen LogP contribution in [0.2, 0.25) is 0 Å². The van der Waals surface area contributed by atoms with Crippen LogP contribution in [0.4, 0.5) is 0 Å². The second-order valence-electron chi connectivity index (χ2n) is 4.83. The predicted molar refractivity (Wildman–Crippen MR) is 50.4 cm³/mol. The van der Waals surface area contributed by atoms with Crippen molar-refractivity contribution >= 4 is 10.1 Å². The van der Waals surface area contributed by atoms with E-state index in [1.807, 2.05) is 0 Å². The van der Waals surface area contributed by atoms with Crippen molar-refractivity contribution in [2.75, 3.05) is 0 Å². The summed E-state index contributed by atoms with van der Waals surface area (Å²) in [7, 11) is -4.06. The van der Waals surface area contributed by atoms with Crippen LogP contribution in [-0.2, 0) is 10.1 Å². The summed E-state index contributed by atoms with van der Waals surface area (Å²) in [4.78, 5) is 0. The molecule has 0 amide bonds. The third kappa shape index (κ3) is 1.75. The molecule has 0 heterocycles. The van der Waals surface area contributed by atoms with Crippen LogP contribution < -0.4 is 29.6 Å². The first-order valence-corrected chi connectivity index (χ1v) is 6.66. The minimum Gasteiger partial charge on any atom is -0.748 e. The van der Waals surface area contributed by atoms with Crippen LogP contribution in [0.1, 0.15) is 19.3 Å². The summed E-state index contributed by atoms with van der Waals surface area (Å²) in [6.07, 6.45) is 6.96. The number of allylic oxidation sites excluding steroid dienone is 2. The normalized spacial score (nSPS) is 46.6. The van der Waals surface area contributed by atoms with E-state index in [0.717, 1.165) is 12.8 Å². The maximum Gasteiger partial charge on any atom is 1.00 e. The Kier molecular flexibility index (Phi) is 3.10. The first-order valence-electron chi connectivity index (χ1n) is 5.19. The minimum atomic E-state index is -4.06. The molecular weight excluding hydrogens is 223 g/mol. The molecule has 5 unspecified atom stereocenters. The maximum absolute atomic E-state index is 11.0. The Balaban J connectivity index is 0.000000853. The van der Waals surface area contributed by atoms with Gasteiger partial charge in [0.1, 0.15) is 0 Å². The minimum absolute atomic E-state index is 0. The van der Waals surface area contributed by atoms with Gasteiger partial charge in [0.25, 0.3) is 0 Å². The molecule has 0 radical (unpaired) electrons. The molecule has 0 aliphatic heterocycles. The van der Waals surface area contributed by atoms with E-state index in [0.29, 0.717) is 24.2 Å². The fraction of sp³-hybridized carbons (Fsp3) is 0.800. The van der Waals surface area contributed by atoms with Crippen molar-refractivity contribution in [3.63, 3.8) is 0 Å². The van der Waals surface area contributed by atoms with E-state index in [2.05, 4.69) is 12.2 Å². The number of rotatable bonds is 1. The summed E-state index contributed by atoms with van der Waals surface area (Å²) < 4.78 is 33.1. The van der Waals surface area contributed by atoms with Crippen molar-refractivity contribution in [3.8, 4) is 0 Å². The average Bonchev–Trinajstić information content (AvgIpc) is 2.74. The smallest absolute Gasteiger partial charge is 0.748 e. The second-order valence-corrected chi connectivity index (χ2v) is 6.42. The van der Waals surface area contributed by atoms with Crippen molar-refractivity contribution in [1.29, 1.82) is 0 Å². The fourth-order valence-electron chi connectivity index (χ4n) is 3.82. The first kappa shape index (κ1) is 12.1. The van der Waals surface area contributed by atoms with Crippen molar-refractivity contribution in [1.82, 2.24) is 0 Å². The zero-order valence-corrected chi connectivity index (χ0v) is 11.6. The van der Waals surface area contributed by atoms with Gasteiger partial charge in [0.05, 0.1) is 15.4 Å². The third-order valence-corrected chi connectivity index (χ3v) is 5.60. The second kappa shape index (κ2) is 3.84. The Labute approximate surface area is 112 Å².